The number of rotatable bonds is 6. The van der Waals surface area contributed by atoms with Crippen LogP contribution in [0.1, 0.15) is 44.9 Å². The second kappa shape index (κ2) is 11.5. The van der Waals surface area contributed by atoms with Gasteiger partial charge >= 0.3 is 6.18 Å². The van der Waals surface area contributed by atoms with E-state index in [0.29, 0.717) is 19.5 Å². The number of aliphatic imine (C=N–C) groups is 1. The fraction of sp³-hybridized carbons (Fsp3) is 0.895. The number of guanidine groups is 1. The Labute approximate surface area is 166 Å². The molecule has 0 saturated carbocycles. The third-order valence-corrected chi connectivity index (χ3v) is 5.37. The van der Waals surface area contributed by atoms with Crippen LogP contribution < -0.4 is 5.32 Å². The number of hydrogen-bond acceptors (Lipinski definition) is 3. The van der Waals surface area contributed by atoms with Crippen molar-refractivity contribution in [1.82, 2.24) is 20.0 Å². The summed E-state index contributed by atoms with van der Waals surface area (Å²) >= 11 is 0. The first kappa shape index (κ1) is 22.8. The van der Waals surface area contributed by atoms with Crippen LogP contribution in [0.4, 0.5) is 13.2 Å². The molecule has 0 unspecified atom stereocenters. The summed E-state index contributed by atoms with van der Waals surface area (Å²) in [7, 11) is 1.69. The zero-order valence-corrected chi connectivity index (χ0v) is 16.9. The van der Waals surface area contributed by atoms with Crippen molar-refractivity contribution in [1.29, 1.82) is 0 Å². The number of amides is 1. The van der Waals surface area contributed by atoms with E-state index in [2.05, 4.69) is 20.1 Å². The average molecular weight is 406 g/mol. The third-order valence-electron chi connectivity index (χ3n) is 5.37. The summed E-state index contributed by atoms with van der Waals surface area (Å²) in [5.74, 6) is 0.952. The van der Waals surface area contributed by atoms with Gasteiger partial charge in [-0.3, -0.25) is 14.7 Å². The van der Waals surface area contributed by atoms with Crippen LogP contribution in [0.15, 0.2) is 4.99 Å². The fourth-order valence-electron chi connectivity index (χ4n) is 3.71. The SMILES string of the molecule is CN=C(NCCCCC(F)(F)F)N1CCN(CC(=O)N2CCCCCC2)CC1. The first-order chi connectivity index (χ1) is 13.4. The van der Waals surface area contributed by atoms with Gasteiger partial charge in [0, 0.05) is 59.3 Å². The summed E-state index contributed by atoms with van der Waals surface area (Å²) in [5.41, 5.74) is 0. The van der Waals surface area contributed by atoms with E-state index in [1.54, 1.807) is 7.05 Å². The minimum absolute atomic E-state index is 0.125. The van der Waals surface area contributed by atoms with Crippen LogP contribution in [0.2, 0.25) is 0 Å². The molecule has 1 amide bonds. The third kappa shape index (κ3) is 8.24. The maximum absolute atomic E-state index is 12.5. The second-order valence-electron chi connectivity index (χ2n) is 7.60. The van der Waals surface area contributed by atoms with Crippen molar-refractivity contribution >= 4 is 11.9 Å². The first-order valence-corrected chi connectivity index (χ1v) is 10.4. The molecule has 2 aliphatic rings. The molecule has 2 saturated heterocycles. The largest absolute Gasteiger partial charge is 0.389 e. The van der Waals surface area contributed by atoms with Gasteiger partial charge in [-0.15, -0.1) is 0 Å². The monoisotopic (exact) mass is 405 g/mol. The Kier molecular flexibility index (Phi) is 9.34. The molecule has 2 aliphatic heterocycles. The van der Waals surface area contributed by atoms with Gasteiger partial charge in [0.25, 0.3) is 0 Å². The van der Waals surface area contributed by atoms with Gasteiger partial charge < -0.3 is 15.1 Å². The fourth-order valence-corrected chi connectivity index (χ4v) is 3.71. The first-order valence-electron chi connectivity index (χ1n) is 10.4. The summed E-state index contributed by atoms with van der Waals surface area (Å²) in [6.07, 6.45) is 0.396. The van der Waals surface area contributed by atoms with Gasteiger partial charge in [0.05, 0.1) is 6.54 Å². The number of carbonyl (C=O) groups excluding carboxylic acids is 1. The highest BCUT2D eigenvalue weighted by Gasteiger charge is 2.26. The molecule has 2 fully saturated rings. The lowest BCUT2D eigenvalue weighted by molar-refractivity contribution is -0.135. The lowest BCUT2D eigenvalue weighted by atomic mass is 10.2. The van der Waals surface area contributed by atoms with E-state index in [9.17, 15) is 18.0 Å². The van der Waals surface area contributed by atoms with E-state index in [-0.39, 0.29) is 12.3 Å². The van der Waals surface area contributed by atoms with Crippen LogP contribution in [0.25, 0.3) is 0 Å². The molecule has 28 heavy (non-hydrogen) atoms. The average Bonchev–Trinajstić information content (AvgIpc) is 2.94. The van der Waals surface area contributed by atoms with Crippen LogP contribution in [-0.2, 0) is 4.79 Å². The number of nitrogens with zero attached hydrogens (tertiary/aromatic N) is 4. The Bertz CT molecular complexity index is 496. The van der Waals surface area contributed by atoms with Gasteiger partial charge in [0.1, 0.15) is 0 Å². The minimum Gasteiger partial charge on any atom is -0.356 e. The van der Waals surface area contributed by atoms with E-state index < -0.39 is 12.6 Å². The molecule has 9 heteroatoms. The molecule has 0 aliphatic carbocycles. The highest BCUT2D eigenvalue weighted by Crippen LogP contribution is 2.21. The maximum atomic E-state index is 12.5. The summed E-state index contributed by atoms with van der Waals surface area (Å²) in [4.78, 5) is 23.1. The zero-order valence-electron chi connectivity index (χ0n) is 16.9. The Hall–Kier alpha value is -1.51. The molecule has 0 bridgehead atoms. The van der Waals surface area contributed by atoms with Crippen LogP contribution in [0.5, 0.6) is 0 Å². The standard InChI is InChI=1S/C19H34F3N5O/c1-23-18(24-9-5-4-8-19(20,21)22)27-14-12-25(13-15-27)16-17(28)26-10-6-2-3-7-11-26/h2-16H2,1H3,(H,23,24). The van der Waals surface area contributed by atoms with Gasteiger partial charge in [-0.25, -0.2) is 0 Å². The van der Waals surface area contributed by atoms with Crippen molar-refractivity contribution in [3.63, 3.8) is 0 Å². The summed E-state index contributed by atoms with van der Waals surface area (Å²) in [6.45, 7) is 5.80. The van der Waals surface area contributed by atoms with E-state index in [4.69, 9.17) is 0 Å². The van der Waals surface area contributed by atoms with Crippen molar-refractivity contribution in [2.75, 3.05) is 59.4 Å². The van der Waals surface area contributed by atoms with E-state index in [1.807, 2.05) is 4.90 Å². The molecule has 0 aromatic rings. The minimum atomic E-state index is -4.08. The van der Waals surface area contributed by atoms with Gasteiger partial charge in [-0.1, -0.05) is 12.8 Å². The number of alkyl halides is 3. The van der Waals surface area contributed by atoms with Gasteiger partial charge in [0.2, 0.25) is 5.91 Å². The van der Waals surface area contributed by atoms with E-state index in [1.165, 1.54) is 12.8 Å². The molecule has 0 aromatic heterocycles. The molecule has 1 N–H and O–H groups in total. The maximum Gasteiger partial charge on any atom is 0.389 e. The van der Waals surface area contributed by atoms with Crippen molar-refractivity contribution in [2.24, 2.45) is 4.99 Å². The molecule has 6 nitrogen and oxygen atoms in total. The second-order valence-corrected chi connectivity index (χ2v) is 7.60. The van der Waals surface area contributed by atoms with Crippen LogP contribution in [-0.4, -0.2) is 92.1 Å². The van der Waals surface area contributed by atoms with Gasteiger partial charge in [-0.2, -0.15) is 13.2 Å². The number of unbranched alkanes of at least 4 members (excludes halogenated alkanes) is 1. The zero-order chi connectivity index (χ0) is 20.4. The van der Waals surface area contributed by atoms with Crippen molar-refractivity contribution in [3.8, 4) is 0 Å². The predicted molar refractivity (Wildman–Crippen MR) is 104 cm³/mol. The highest BCUT2D eigenvalue weighted by atomic mass is 19.4. The summed E-state index contributed by atoms with van der Waals surface area (Å²) in [5, 5.41) is 3.15. The number of piperazine rings is 1. The molecule has 0 spiro atoms. The Morgan fingerprint density at radius 1 is 0.929 bits per heavy atom. The van der Waals surface area contributed by atoms with Crippen LogP contribution >= 0.6 is 0 Å². The molecule has 0 atom stereocenters. The van der Waals surface area contributed by atoms with Crippen molar-refractivity contribution in [2.45, 2.75) is 51.1 Å². The predicted octanol–water partition coefficient (Wildman–Crippen LogP) is 2.31. The lowest BCUT2D eigenvalue weighted by Gasteiger charge is -2.37. The molecule has 2 rings (SSSR count). The van der Waals surface area contributed by atoms with E-state index >= 15 is 0 Å². The Balaban J connectivity index is 1.66. The van der Waals surface area contributed by atoms with E-state index in [0.717, 1.165) is 58.1 Å². The molecule has 2 heterocycles. The molecular weight excluding hydrogens is 371 g/mol. The van der Waals surface area contributed by atoms with Crippen molar-refractivity contribution in [3.05, 3.63) is 0 Å². The molecule has 0 radical (unpaired) electrons. The smallest absolute Gasteiger partial charge is 0.356 e. The Morgan fingerprint density at radius 3 is 2.14 bits per heavy atom. The summed E-state index contributed by atoms with van der Waals surface area (Å²) < 4.78 is 36.5. The number of nitrogens with one attached hydrogen (secondary N) is 1. The summed E-state index contributed by atoms with van der Waals surface area (Å²) in [6, 6.07) is 0. The normalized spacial score (nSPS) is 20.2. The molecule has 0 aromatic carbocycles. The van der Waals surface area contributed by atoms with Crippen LogP contribution in [0, 0.1) is 0 Å². The number of carbonyl (C=O) groups is 1. The molecule has 162 valence electrons. The van der Waals surface area contributed by atoms with Crippen molar-refractivity contribution < 1.29 is 18.0 Å². The molecular formula is C19H34F3N5O. The van der Waals surface area contributed by atoms with Crippen LogP contribution in [0.3, 0.4) is 0 Å². The number of likely N-dealkylation sites (tertiary alicyclic amines) is 1. The highest BCUT2D eigenvalue weighted by molar-refractivity contribution is 5.80. The Morgan fingerprint density at radius 2 is 1.57 bits per heavy atom. The number of halogens is 3. The lowest BCUT2D eigenvalue weighted by Crippen LogP contribution is -2.54. The van der Waals surface area contributed by atoms with Gasteiger partial charge in [0.15, 0.2) is 5.96 Å². The van der Waals surface area contributed by atoms with Gasteiger partial charge in [-0.05, 0) is 25.7 Å². The number of hydrogen-bond donors (Lipinski definition) is 1. The quantitative estimate of drug-likeness (QED) is 0.419. The topological polar surface area (TPSA) is 51.2 Å².